The lowest BCUT2D eigenvalue weighted by atomic mass is 10.1. The minimum atomic E-state index is -0.245. The van der Waals surface area contributed by atoms with Gasteiger partial charge in [0.25, 0.3) is 0 Å². The normalized spacial score (nSPS) is 11.3. The molecular weight excluding hydrogens is 291 g/mol. The van der Waals surface area contributed by atoms with E-state index < -0.39 is 0 Å². The highest BCUT2D eigenvalue weighted by molar-refractivity contribution is 5.78. The number of nitrogens with zero attached hydrogens (tertiary/aromatic N) is 3. The van der Waals surface area contributed by atoms with E-state index in [0.29, 0.717) is 5.92 Å². The summed E-state index contributed by atoms with van der Waals surface area (Å²) in [6.45, 7) is 7.27. The molecule has 2 aromatic heterocycles. The zero-order chi connectivity index (χ0) is 16.4. The summed E-state index contributed by atoms with van der Waals surface area (Å²) in [5.41, 5.74) is 3.52. The number of halogens is 1. The molecule has 2 heterocycles. The highest BCUT2D eigenvalue weighted by atomic mass is 19.1. The van der Waals surface area contributed by atoms with Crippen molar-refractivity contribution in [2.45, 2.75) is 27.2 Å². The Balaban J connectivity index is 1.99. The van der Waals surface area contributed by atoms with Crippen LogP contribution in [0.3, 0.4) is 0 Å². The van der Waals surface area contributed by atoms with Crippen molar-refractivity contribution >= 4 is 11.5 Å². The second-order valence-electron chi connectivity index (χ2n) is 6.19. The van der Waals surface area contributed by atoms with Gasteiger partial charge in [0.1, 0.15) is 11.6 Å². The van der Waals surface area contributed by atoms with Crippen LogP contribution in [-0.4, -0.2) is 21.1 Å². The predicted molar refractivity (Wildman–Crippen MR) is 91.1 cm³/mol. The number of aromatic nitrogens is 3. The van der Waals surface area contributed by atoms with Crippen molar-refractivity contribution in [3.05, 3.63) is 48.0 Å². The number of hydrogen-bond acceptors (Lipinski definition) is 3. The third-order valence-electron chi connectivity index (χ3n) is 3.78. The van der Waals surface area contributed by atoms with Crippen LogP contribution in [0.2, 0.25) is 0 Å². The van der Waals surface area contributed by atoms with E-state index in [4.69, 9.17) is 0 Å². The lowest BCUT2D eigenvalue weighted by molar-refractivity contribution is 0.606. The van der Waals surface area contributed by atoms with Crippen molar-refractivity contribution in [3.63, 3.8) is 0 Å². The van der Waals surface area contributed by atoms with Gasteiger partial charge in [-0.3, -0.25) is 0 Å². The molecule has 0 saturated heterocycles. The molecule has 23 heavy (non-hydrogen) atoms. The summed E-state index contributed by atoms with van der Waals surface area (Å²) in [5.74, 6) is 1.33. The van der Waals surface area contributed by atoms with Gasteiger partial charge < -0.3 is 5.32 Å². The van der Waals surface area contributed by atoms with Crippen molar-refractivity contribution in [3.8, 4) is 11.1 Å². The Kier molecular flexibility index (Phi) is 4.28. The molecule has 4 nitrogen and oxygen atoms in total. The molecular formula is C18H21FN4. The maximum Gasteiger partial charge on any atom is 0.165 e. The summed E-state index contributed by atoms with van der Waals surface area (Å²) in [4.78, 5) is 4.60. The first-order chi connectivity index (χ1) is 11.0. The number of anilines is 1. The first kappa shape index (κ1) is 15.5. The average Bonchev–Trinajstić information content (AvgIpc) is 2.91. The van der Waals surface area contributed by atoms with Gasteiger partial charge in [-0.25, -0.2) is 9.37 Å². The zero-order valence-corrected chi connectivity index (χ0v) is 13.7. The van der Waals surface area contributed by atoms with Gasteiger partial charge in [0.2, 0.25) is 0 Å². The SMILES string of the molecule is Cc1cc(NCCC(C)C)n2ncc(-c3ccc(F)cc3)c2n1. The van der Waals surface area contributed by atoms with Crippen LogP contribution in [0.25, 0.3) is 16.8 Å². The van der Waals surface area contributed by atoms with Gasteiger partial charge in [-0.15, -0.1) is 0 Å². The molecule has 0 spiro atoms. The molecule has 0 saturated carbocycles. The van der Waals surface area contributed by atoms with Crippen molar-refractivity contribution in [1.82, 2.24) is 14.6 Å². The fraction of sp³-hybridized carbons (Fsp3) is 0.333. The number of hydrogen-bond donors (Lipinski definition) is 1. The molecule has 0 amide bonds. The van der Waals surface area contributed by atoms with E-state index in [2.05, 4.69) is 29.2 Å². The zero-order valence-electron chi connectivity index (χ0n) is 13.7. The molecule has 3 rings (SSSR count). The summed E-state index contributed by atoms with van der Waals surface area (Å²) in [6, 6.07) is 8.41. The maximum absolute atomic E-state index is 13.1. The molecule has 0 radical (unpaired) electrons. The minimum absolute atomic E-state index is 0.245. The average molecular weight is 312 g/mol. The van der Waals surface area contributed by atoms with E-state index in [1.165, 1.54) is 12.1 Å². The number of rotatable bonds is 5. The van der Waals surface area contributed by atoms with Crippen molar-refractivity contribution < 1.29 is 4.39 Å². The van der Waals surface area contributed by atoms with Gasteiger partial charge in [-0.1, -0.05) is 26.0 Å². The lowest BCUT2D eigenvalue weighted by Gasteiger charge is -2.11. The molecule has 0 atom stereocenters. The fourth-order valence-corrected chi connectivity index (χ4v) is 2.53. The van der Waals surface area contributed by atoms with Crippen LogP contribution in [0.5, 0.6) is 0 Å². The molecule has 0 unspecified atom stereocenters. The summed E-state index contributed by atoms with van der Waals surface area (Å²) < 4.78 is 14.9. The van der Waals surface area contributed by atoms with Gasteiger partial charge in [-0.2, -0.15) is 9.61 Å². The quantitative estimate of drug-likeness (QED) is 0.763. The molecule has 0 aliphatic heterocycles. The Labute approximate surface area is 135 Å². The summed E-state index contributed by atoms with van der Waals surface area (Å²) in [7, 11) is 0. The van der Waals surface area contributed by atoms with Crippen LogP contribution in [0.15, 0.2) is 36.5 Å². The Morgan fingerprint density at radius 1 is 1.22 bits per heavy atom. The topological polar surface area (TPSA) is 42.2 Å². The van der Waals surface area contributed by atoms with E-state index >= 15 is 0 Å². The van der Waals surface area contributed by atoms with Crippen molar-refractivity contribution in [2.24, 2.45) is 5.92 Å². The molecule has 3 aromatic rings. The number of aryl methyl sites for hydroxylation is 1. The van der Waals surface area contributed by atoms with Crippen LogP contribution in [0.1, 0.15) is 26.0 Å². The second-order valence-corrected chi connectivity index (χ2v) is 6.19. The van der Waals surface area contributed by atoms with Gasteiger partial charge in [0.15, 0.2) is 5.65 Å². The summed E-state index contributed by atoms with van der Waals surface area (Å²) in [6.07, 6.45) is 2.87. The molecule has 0 aliphatic rings. The van der Waals surface area contributed by atoms with Crippen LogP contribution < -0.4 is 5.32 Å². The third kappa shape index (κ3) is 3.33. The Bertz CT molecular complexity index is 806. The van der Waals surface area contributed by atoms with Crippen LogP contribution in [0, 0.1) is 18.7 Å². The number of benzene rings is 1. The van der Waals surface area contributed by atoms with Crippen LogP contribution >= 0.6 is 0 Å². The minimum Gasteiger partial charge on any atom is -0.370 e. The smallest absolute Gasteiger partial charge is 0.165 e. The highest BCUT2D eigenvalue weighted by Crippen LogP contribution is 2.26. The van der Waals surface area contributed by atoms with Gasteiger partial charge >= 0.3 is 0 Å². The molecule has 1 aromatic carbocycles. The molecule has 1 N–H and O–H groups in total. The second kappa shape index (κ2) is 6.36. The summed E-state index contributed by atoms with van der Waals surface area (Å²) in [5, 5.41) is 7.89. The monoisotopic (exact) mass is 312 g/mol. The highest BCUT2D eigenvalue weighted by Gasteiger charge is 2.12. The van der Waals surface area contributed by atoms with E-state index in [9.17, 15) is 4.39 Å². The molecule has 5 heteroatoms. The van der Waals surface area contributed by atoms with Crippen molar-refractivity contribution in [2.75, 3.05) is 11.9 Å². The Morgan fingerprint density at radius 2 is 1.96 bits per heavy atom. The fourth-order valence-electron chi connectivity index (χ4n) is 2.53. The largest absolute Gasteiger partial charge is 0.370 e. The first-order valence-electron chi connectivity index (χ1n) is 7.90. The molecule has 0 fully saturated rings. The van der Waals surface area contributed by atoms with Gasteiger partial charge in [0.05, 0.1) is 6.20 Å². The molecule has 0 bridgehead atoms. The van der Waals surface area contributed by atoms with Gasteiger partial charge in [0, 0.05) is 23.9 Å². The first-order valence-corrected chi connectivity index (χ1v) is 7.90. The van der Waals surface area contributed by atoms with Crippen LogP contribution in [0.4, 0.5) is 10.2 Å². The molecule has 0 aliphatic carbocycles. The number of nitrogens with one attached hydrogen (secondary N) is 1. The van der Waals surface area contributed by atoms with Crippen molar-refractivity contribution in [1.29, 1.82) is 0 Å². The van der Waals surface area contributed by atoms with E-state index in [-0.39, 0.29) is 5.82 Å². The van der Waals surface area contributed by atoms with Gasteiger partial charge in [-0.05, 0) is 37.0 Å². The van der Waals surface area contributed by atoms with E-state index in [1.54, 1.807) is 18.3 Å². The standard InChI is InChI=1S/C18H21FN4/c1-12(2)8-9-20-17-10-13(3)22-18-16(11-21-23(17)18)14-4-6-15(19)7-5-14/h4-7,10-12,20H,8-9H2,1-3H3. The maximum atomic E-state index is 13.1. The van der Waals surface area contributed by atoms with Crippen LogP contribution in [-0.2, 0) is 0 Å². The molecule has 120 valence electrons. The number of fused-ring (bicyclic) bond motifs is 1. The summed E-state index contributed by atoms with van der Waals surface area (Å²) >= 11 is 0. The van der Waals surface area contributed by atoms with E-state index in [0.717, 1.165) is 41.3 Å². The Hall–Kier alpha value is -2.43. The third-order valence-corrected chi connectivity index (χ3v) is 3.78. The Morgan fingerprint density at radius 3 is 2.65 bits per heavy atom. The predicted octanol–water partition coefficient (Wildman–Crippen LogP) is 4.30. The van der Waals surface area contributed by atoms with E-state index in [1.807, 2.05) is 17.5 Å². The lowest BCUT2D eigenvalue weighted by Crippen LogP contribution is -2.09.